The minimum atomic E-state index is -4.36. The van der Waals surface area contributed by atoms with Gasteiger partial charge in [0.2, 0.25) is 11.8 Å². The van der Waals surface area contributed by atoms with E-state index in [0.29, 0.717) is 25.8 Å². The lowest BCUT2D eigenvalue weighted by Crippen LogP contribution is -2.54. The van der Waals surface area contributed by atoms with Crippen LogP contribution < -0.4 is 21.7 Å². The Labute approximate surface area is 149 Å². The van der Waals surface area contributed by atoms with Crippen LogP contribution in [-0.2, 0) is 14.2 Å². The van der Waals surface area contributed by atoms with Gasteiger partial charge in [-0.1, -0.05) is 13.8 Å². The summed E-state index contributed by atoms with van der Waals surface area (Å²) in [5.74, 6) is -1.78. The first-order valence-electron chi connectivity index (χ1n) is 8.56. The topological polar surface area (TPSA) is 154 Å². The molecule has 0 unspecified atom stereocenters. The Hall–Kier alpha value is -0.990. The molecule has 25 heavy (non-hydrogen) atoms. The van der Waals surface area contributed by atoms with Crippen LogP contribution in [0.15, 0.2) is 0 Å². The van der Waals surface area contributed by atoms with Gasteiger partial charge in [-0.15, -0.1) is 0 Å². The first-order valence-corrected chi connectivity index (χ1v) is 10.2. The number of carbonyl (C=O) groups is 2. The van der Waals surface area contributed by atoms with Gasteiger partial charge in [-0.05, 0) is 45.1 Å². The summed E-state index contributed by atoms with van der Waals surface area (Å²) in [4.78, 5) is 43.0. The average Bonchev–Trinajstić information content (AvgIpc) is 2.51. The van der Waals surface area contributed by atoms with Crippen molar-refractivity contribution in [3.8, 4) is 0 Å². The molecule has 0 aromatic carbocycles. The lowest BCUT2D eigenvalue weighted by molar-refractivity contribution is -0.130. The van der Waals surface area contributed by atoms with E-state index in [9.17, 15) is 23.9 Å². The van der Waals surface area contributed by atoms with E-state index in [1.807, 2.05) is 13.8 Å². The number of likely N-dealkylation sites (N-methyl/N-ethyl adjacent to an activating group) is 1. The zero-order valence-corrected chi connectivity index (χ0v) is 16.4. The number of amides is 2. The van der Waals surface area contributed by atoms with E-state index in [1.54, 1.807) is 0 Å². The molecule has 0 aliphatic rings. The molecule has 0 heterocycles. The molecule has 2 amide bonds. The van der Waals surface area contributed by atoms with Crippen molar-refractivity contribution in [1.82, 2.24) is 16.0 Å². The van der Waals surface area contributed by atoms with Gasteiger partial charge in [0.05, 0.1) is 6.04 Å². The zero-order chi connectivity index (χ0) is 19.6. The lowest BCUT2D eigenvalue weighted by atomic mass is 10.0. The molecule has 0 spiro atoms. The molecule has 0 saturated heterocycles. The number of nitrogens with two attached hydrogens (primary N) is 1. The summed E-state index contributed by atoms with van der Waals surface area (Å²) >= 11 is 0. The Morgan fingerprint density at radius 3 is 2.12 bits per heavy atom. The molecule has 0 aliphatic heterocycles. The van der Waals surface area contributed by atoms with Crippen molar-refractivity contribution in [1.29, 1.82) is 0 Å². The Kier molecular flexibility index (Phi) is 11.1. The Morgan fingerprint density at radius 1 is 1.08 bits per heavy atom. The van der Waals surface area contributed by atoms with Crippen molar-refractivity contribution in [2.24, 2.45) is 11.7 Å². The predicted octanol–water partition coefficient (Wildman–Crippen LogP) is -0.126. The van der Waals surface area contributed by atoms with Crippen LogP contribution in [0.5, 0.6) is 0 Å². The SMILES string of the molecule is CNC(=O)[C@H](CCCCN)NC(=O)[C@H](CC(C)C)N[C@H](C)P(=O)(O)O. The Bertz CT molecular complexity index is 469. The first-order chi connectivity index (χ1) is 11.5. The monoisotopic (exact) mass is 380 g/mol. The van der Waals surface area contributed by atoms with Gasteiger partial charge in [0.25, 0.3) is 0 Å². The molecule has 9 nitrogen and oxygen atoms in total. The number of hydrogen-bond acceptors (Lipinski definition) is 5. The second-order valence-electron chi connectivity index (χ2n) is 6.57. The van der Waals surface area contributed by atoms with Crippen LogP contribution in [0.25, 0.3) is 0 Å². The molecule has 0 bridgehead atoms. The highest BCUT2D eigenvalue weighted by atomic mass is 31.2. The molecule has 0 aromatic heterocycles. The maximum atomic E-state index is 12.6. The summed E-state index contributed by atoms with van der Waals surface area (Å²) < 4.78 is 11.4. The summed E-state index contributed by atoms with van der Waals surface area (Å²) in [6.07, 6.45) is 2.27. The normalized spacial score (nSPS) is 15.5. The molecule has 148 valence electrons. The molecule has 0 rings (SSSR count). The molecule has 3 atom stereocenters. The van der Waals surface area contributed by atoms with Gasteiger partial charge in [0.15, 0.2) is 0 Å². The smallest absolute Gasteiger partial charge is 0.342 e. The van der Waals surface area contributed by atoms with Crippen LogP contribution >= 0.6 is 7.60 Å². The Balaban J connectivity index is 5.05. The van der Waals surface area contributed by atoms with E-state index in [0.717, 1.165) is 6.42 Å². The first kappa shape index (κ1) is 24.0. The van der Waals surface area contributed by atoms with E-state index in [1.165, 1.54) is 14.0 Å². The maximum absolute atomic E-state index is 12.6. The lowest BCUT2D eigenvalue weighted by Gasteiger charge is -2.26. The van der Waals surface area contributed by atoms with Crippen molar-refractivity contribution >= 4 is 19.4 Å². The summed E-state index contributed by atoms with van der Waals surface area (Å²) in [5, 5.41) is 7.88. The highest BCUT2D eigenvalue weighted by molar-refractivity contribution is 7.52. The summed E-state index contributed by atoms with van der Waals surface area (Å²) in [6.45, 7) is 5.65. The van der Waals surface area contributed by atoms with E-state index in [4.69, 9.17) is 5.73 Å². The third kappa shape index (κ3) is 9.91. The quantitative estimate of drug-likeness (QED) is 0.204. The number of hydrogen-bond donors (Lipinski definition) is 6. The molecule has 0 aromatic rings. The number of unbranched alkanes of at least 4 members (excludes halogenated alkanes) is 1. The minimum absolute atomic E-state index is 0.128. The predicted molar refractivity (Wildman–Crippen MR) is 96.8 cm³/mol. The zero-order valence-electron chi connectivity index (χ0n) is 15.5. The Morgan fingerprint density at radius 2 is 1.68 bits per heavy atom. The van der Waals surface area contributed by atoms with E-state index in [-0.39, 0.29) is 11.8 Å². The molecule has 10 heteroatoms. The maximum Gasteiger partial charge on any atom is 0.342 e. The van der Waals surface area contributed by atoms with Crippen LogP contribution in [0.1, 0.15) is 46.5 Å². The van der Waals surface area contributed by atoms with Gasteiger partial charge in [-0.2, -0.15) is 0 Å². The summed E-state index contributed by atoms with van der Waals surface area (Å²) in [7, 11) is -2.87. The third-order valence-electron chi connectivity index (χ3n) is 3.80. The van der Waals surface area contributed by atoms with E-state index < -0.39 is 31.4 Å². The van der Waals surface area contributed by atoms with Crippen molar-refractivity contribution in [3.05, 3.63) is 0 Å². The molecular weight excluding hydrogens is 347 g/mol. The number of nitrogens with one attached hydrogen (secondary N) is 3. The van der Waals surface area contributed by atoms with E-state index >= 15 is 0 Å². The highest BCUT2D eigenvalue weighted by Crippen LogP contribution is 2.39. The van der Waals surface area contributed by atoms with Gasteiger partial charge in [-0.3, -0.25) is 19.5 Å². The van der Waals surface area contributed by atoms with Crippen LogP contribution in [-0.4, -0.2) is 53.1 Å². The highest BCUT2D eigenvalue weighted by Gasteiger charge is 2.31. The number of rotatable bonds is 12. The molecule has 7 N–H and O–H groups in total. The van der Waals surface area contributed by atoms with Gasteiger partial charge >= 0.3 is 7.60 Å². The fourth-order valence-electron chi connectivity index (χ4n) is 2.32. The van der Waals surface area contributed by atoms with Crippen LogP contribution in [0.3, 0.4) is 0 Å². The second-order valence-corrected chi connectivity index (χ2v) is 8.53. The molecule has 0 saturated carbocycles. The molecule has 0 radical (unpaired) electrons. The largest absolute Gasteiger partial charge is 0.357 e. The fraction of sp³-hybridized carbons (Fsp3) is 0.867. The van der Waals surface area contributed by atoms with Crippen molar-refractivity contribution in [2.75, 3.05) is 13.6 Å². The molecular formula is C15H33N4O5P. The van der Waals surface area contributed by atoms with Crippen LogP contribution in [0.2, 0.25) is 0 Å². The minimum Gasteiger partial charge on any atom is -0.357 e. The molecule has 0 aliphatic carbocycles. The van der Waals surface area contributed by atoms with Crippen LogP contribution in [0, 0.1) is 5.92 Å². The van der Waals surface area contributed by atoms with Gasteiger partial charge < -0.3 is 26.2 Å². The average molecular weight is 380 g/mol. The van der Waals surface area contributed by atoms with Crippen molar-refractivity contribution in [2.45, 2.75) is 64.3 Å². The van der Waals surface area contributed by atoms with Gasteiger partial charge in [0, 0.05) is 7.05 Å². The fourth-order valence-corrected chi connectivity index (χ4v) is 2.69. The second kappa shape index (κ2) is 11.6. The summed E-state index contributed by atoms with van der Waals surface area (Å²) in [5.41, 5.74) is 5.45. The number of carbonyl (C=O) groups excluding carboxylic acids is 2. The molecule has 0 fully saturated rings. The standard InChI is InChI=1S/C15H33N4O5P/c1-10(2)9-13(18-11(3)25(22,23)24)15(21)19-12(14(20)17-4)7-5-6-8-16/h10-13,18H,5-9,16H2,1-4H3,(H,17,20)(H,19,21)(H2,22,23,24)/t11-,12-,13-/m0/s1. The third-order valence-corrected chi connectivity index (χ3v) is 4.95. The van der Waals surface area contributed by atoms with Gasteiger partial charge in [-0.25, -0.2) is 0 Å². The summed E-state index contributed by atoms with van der Waals surface area (Å²) in [6, 6.07) is -1.50. The van der Waals surface area contributed by atoms with Crippen LogP contribution in [0.4, 0.5) is 0 Å². The van der Waals surface area contributed by atoms with E-state index in [2.05, 4.69) is 16.0 Å². The van der Waals surface area contributed by atoms with Gasteiger partial charge in [0.1, 0.15) is 11.8 Å². The van der Waals surface area contributed by atoms with Crippen molar-refractivity contribution in [3.63, 3.8) is 0 Å². The van der Waals surface area contributed by atoms with Crippen molar-refractivity contribution < 1.29 is 23.9 Å².